The van der Waals surface area contributed by atoms with Crippen molar-refractivity contribution in [3.8, 4) is 0 Å². The van der Waals surface area contributed by atoms with Gasteiger partial charge in [0.1, 0.15) is 11.4 Å². The molecule has 1 N–H and O–H groups in total. The molecule has 4 nitrogen and oxygen atoms in total. The Labute approximate surface area is 151 Å². The van der Waals surface area contributed by atoms with Gasteiger partial charge >= 0.3 is 6.09 Å². The highest BCUT2D eigenvalue weighted by Gasteiger charge is 2.24. The Morgan fingerprint density at radius 3 is 2.83 bits per heavy atom. The minimum atomic E-state index is -0.497. The van der Waals surface area contributed by atoms with Gasteiger partial charge in [-0.1, -0.05) is 15.9 Å². The molecule has 1 heterocycles. The minimum Gasteiger partial charge on any atom is -0.444 e. The minimum absolute atomic E-state index is 0.0580. The lowest BCUT2D eigenvalue weighted by Crippen LogP contribution is -2.48. The zero-order valence-electron chi connectivity index (χ0n) is 14.8. The number of nitrogens with zero attached hydrogens (tertiary/aromatic N) is 1. The van der Waals surface area contributed by atoms with Gasteiger partial charge in [-0.2, -0.15) is 0 Å². The van der Waals surface area contributed by atoms with Gasteiger partial charge in [0.05, 0.1) is 0 Å². The molecular weight excluding hydrogens is 375 g/mol. The van der Waals surface area contributed by atoms with Crippen LogP contribution in [0.5, 0.6) is 0 Å². The molecule has 1 aliphatic heterocycles. The maximum absolute atomic E-state index is 13.8. The van der Waals surface area contributed by atoms with Crippen LogP contribution in [0.2, 0.25) is 0 Å². The van der Waals surface area contributed by atoms with Gasteiger partial charge in [0.2, 0.25) is 0 Å². The SMILES string of the molecule is Cc1cc(Br)c(CN2CCCC(NC(=O)OC(C)(C)C)C2)cc1F. The van der Waals surface area contributed by atoms with Gasteiger partial charge < -0.3 is 10.1 Å². The van der Waals surface area contributed by atoms with Gasteiger partial charge in [0.25, 0.3) is 0 Å². The van der Waals surface area contributed by atoms with Crippen LogP contribution in [0.25, 0.3) is 0 Å². The second-order valence-electron chi connectivity index (χ2n) is 7.41. The molecule has 1 amide bonds. The summed E-state index contributed by atoms with van der Waals surface area (Å²) in [5.41, 5.74) is 1.06. The molecule has 6 heteroatoms. The van der Waals surface area contributed by atoms with E-state index in [1.807, 2.05) is 26.8 Å². The molecule has 1 aliphatic rings. The number of ether oxygens (including phenoxy) is 1. The predicted octanol–water partition coefficient (Wildman–Crippen LogP) is 4.39. The second-order valence-corrected chi connectivity index (χ2v) is 8.27. The van der Waals surface area contributed by atoms with E-state index in [1.165, 1.54) is 0 Å². The molecule has 1 aromatic carbocycles. The van der Waals surface area contributed by atoms with Crippen LogP contribution in [0, 0.1) is 12.7 Å². The maximum Gasteiger partial charge on any atom is 0.407 e. The summed E-state index contributed by atoms with van der Waals surface area (Å²) in [5, 5.41) is 2.94. The Morgan fingerprint density at radius 2 is 2.17 bits per heavy atom. The van der Waals surface area contributed by atoms with E-state index in [2.05, 4.69) is 26.1 Å². The number of halogens is 2. The van der Waals surface area contributed by atoms with Crippen molar-refractivity contribution in [1.82, 2.24) is 10.2 Å². The van der Waals surface area contributed by atoms with Crippen molar-refractivity contribution in [1.29, 1.82) is 0 Å². The molecule has 0 aromatic heterocycles. The van der Waals surface area contributed by atoms with Gasteiger partial charge in [-0.05, 0) is 70.3 Å². The smallest absolute Gasteiger partial charge is 0.407 e. The molecule has 0 saturated carbocycles. The third-order valence-corrected chi connectivity index (χ3v) is 4.69. The lowest BCUT2D eigenvalue weighted by Gasteiger charge is -2.33. The summed E-state index contributed by atoms with van der Waals surface area (Å²) < 4.78 is 20.0. The largest absolute Gasteiger partial charge is 0.444 e. The van der Waals surface area contributed by atoms with E-state index in [1.54, 1.807) is 13.0 Å². The Kier molecular flexibility index (Phi) is 6.26. The van der Waals surface area contributed by atoms with E-state index in [0.717, 1.165) is 36.0 Å². The van der Waals surface area contributed by atoms with Crippen LogP contribution in [0.15, 0.2) is 16.6 Å². The van der Waals surface area contributed by atoms with Crippen LogP contribution < -0.4 is 5.32 Å². The third-order valence-electron chi connectivity index (χ3n) is 3.95. The number of piperidine rings is 1. The fourth-order valence-electron chi connectivity index (χ4n) is 2.84. The quantitative estimate of drug-likeness (QED) is 0.817. The van der Waals surface area contributed by atoms with Crippen LogP contribution >= 0.6 is 15.9 Å². The highest BCUT2D eigenvalue weighted by Crippen LogP contribution is 2.24. The second kappa shape index (κ2) is 7.83. The summed E-state index contributed by atoms with van der Waals surface area (Å²) in [5.74, 6) is -0.186. The maximum atomic E-state index is 13.8. The lowest BCUT2D eigenvalue weighted by atomic mass is 10.0. The van der Waals surface area contributed by atoms with Gasteiger partial charge in [-0.3, -0.25) is 4.90 Å². The zero-order valence-corrected chi connectivity index (χ0v) is 16.4. The first-order valence-electron chi connectivity index (χ1n) is 8.30. The van der Waals surface area contributed by atoms with Crippen molar-refractivity contribution in [2.24, 2.45) is 0 Å². The van der Waals surface area contributed by atoms with Gasteiger partial charge in [-0.25, -0.2) is 9.18 Å². The molecule has 2 rings (SSSR count). The first-order chi connectivity index (χ1) is 11.1. The molecule has 1 saturated heterocycles. The highest BCUT2D eigenvalue weighted by atomic mass is 79.9. The van der Waals surface area contributed by atoms with Crippen molar-refractivity contribution in [2.75, 3.05) is 13.1 Å². The first kappa shape index (κ1) is 19.2. The van der Waals surface area contributed by atoms with Crippen LogP contribution in [0.1, 0.15) is 44.7 Å². The van der Waals surface area contributed by atoms with Crippen LogP contribution in [-0.2, 0) is 11.3 Å². The summed E-state index contributed by atoms with van der Waals surface area (Å²) in [7, 11) is 0. The molecule has 1 fully saturated rings. The molecule has 0 radical (unpaired) electrons. The van der Waals surface area contributed by atoms with E-state index >= 15 is 0 Å². The summed E-state index contributed by atoms with van der Waals surface area (Å²) in [6.45, 7) is 9.64. The average Bonchev–Trinajstić information content (AvgIpc) is 2.43. The van der Waals surface area contributed by atoms with Crippen molar-refractivity contribution in [3.05, 3.63) is 33.5 Å². The lowest BCUT2D eigenvalue weighted by molar-refractivity contribution is 0.0470. The van der Waals surface area contributed by atoms with Crippen molar-refractivity contribution in [3.63, 3.8) is 0 Å². The molecule has 24 heavy (non-hydrogen) atoms. The number of alkyl carbamates (subject to hydrolysis) is 1. The number of carbonyl (C=O) groups excluding carboxylic acids is 1. The Balaban J connectivity index is 1.94. The number of nitrogens with one attached hydrogen (secondary N) is 1. The van der Waals surface area contributed by atoms with Gasteiger partial charge in [-0.15, -0.1) is 0 Å². The van der Waals surface area contributed by atoms with E-state index < -0.39 is 5.60 Å². The monoisotopic (exact) mass is 400 g/mol. The molecule has 0 aliphatic carbocycles. The summed E-state index contributed by atoms with van der Waals surface area (Å²) in [4.78, 5) is 14.2. The van der Waals surface area contributed by atoms with Crippen molar-refractivity contribution >= 4 is 22.0 Å². The predicted molar refractivity (Wildman–Crippen MR) is 96.5 cm³/mol. The van der Waals surface area contributed by atoms with E-state index in [0.29, 0.717) is 12.1 Å². The highest BCUT2D eigenvalue weighted by molar-refractivity contribution is 9.10. The molecule has 0 spiro atoms. The Morgan fingerprint density at radius 1 is 1.46 bits per heavy atom. The molecule has 1 unspecified atom stereocenters. The fraction of sp³-hybridized carbons (Fsp3) is 0.611. The van der Waals surface area contributed by atoms with Gasteiger partial charge in [0.15, 0.2) is 0 Å². The summed E-state index contributed by atoms with van der Waals surface area (Å²) in [6, 6.07) is 3.46. The molecular formula is C18H26BrFN2O2. The number of hydrogen-bond donors (Lipinski definition) is 1. The normalized spacial score (nSPS) is 19.2. The number of hydrogen-bond acceptors (Lipinski definition) is 3. The van der Waals surface area contributed by atoms with E-state index in [4.69, 9.17) is 4.74 Å². The molecule has 1 aromatic rings. The van der Waals surface area contributed by atoms with Crippen LogP contribution in [-0.4, -0.2) is 35.7 Å². The number of aryl methyl sites for hydroxylation is 1. The standard InChI is InChI=1S/C18H26BrFN2O2/c1-12-8-15(19)13(9-16(12)20)10-22-7-5-6-14(11-22)21-17(23)24-18(2,3)4/h8-9,14H,5-7,10-11H2,1-4H3,(H,21,23). The van der Waals surface area contributed by atoms with E-state index in [9.17, 15) is 9.18 Å². The summed E-state index contributed by atoms with van der Waals surface area (Å²) >= 11 is 3.51. The summed E-state index contributed by atoms with van der Waals surface area (Å²) in [6.07, 6.45) is 1.54. The number of amides is 1. The average molecular weight is 401 g/mol. The first-order valence-corrected chi connectivity index (χ1v) is 9.10. The zero-order chi connectivity index (χ0) is 17.9. The topological polar surface area (TPSA) is 41.6 Å². The number of benzene rings is 1. The molecule has 1 atom stereocenters. The number of carbonyl (C=O) groups is 1. The molecule has 0 bridgehead atoms. The number of likely N-dealkylation sites (tertiary alicyclic amines) is 1. The van der Waals surface area contributed by atoms with E-state index in [-0.39, 0.29) is 18.0 Å². The van der Waals surface area contributed by atoms with Crippen LogP contribution in [0.4, 0.5) is 9.18 Å². The third kappa shape index (κ3) is 5.74. The Hall–Kier alpha value is -1.14. The van der Waals surface area contributed by atoms with Crippen LogP contribution in [0.3, 0.4) is 0 Å². The fourth-order valence-corrected chi connectivity index (χ4v) is 3.42. The number of rotatable bonds is 3. The van der Waals surface area contributed by atoms with Gasteiger partial charge in [0, 0.05) is 23.6 Å². The van der Waals surface area contributed by atoms with Crippen molar-refractivity contribution in [2.45, 2.75) is 58.7 Å². The Bertz CT molecular complexity index is 601. The van der Waals surface area contributed by atoms with Crippen molar-refractivity contribution < 1.29 is 13.9 Å². The molecule has 134 valence electrons.